The first-order valence-corrected chi connectivity index (χ1v) is 9.98. The number of nitrogens with one attached hydrogen (secondary N) is 2. The molecule has 0 saturated heterocycles. The molecule has 1 atom stereocenters. The largest absolute Gasteiger partial charge is 0.490 e. The molecule has 1 heterocycles. The maximum atomic E-state index is 12.6. The predicted octanol–water partition coefficient (Wildman–Crippen LogP) is 2.65. The maximum Gasteiger partial charge on any atom is 0.279 e. The van der Waals surface area contributed by atoms with E-state index in [4.69, 9.17) is 18.9 Å². The van der Waals surface area contributed by atoms with Crippen molar-refractivity contribution in [2.24, 2.45) is 0 Å². The standard InChI is InChI=1S/C22H26N2O6/c1-4-27-17-12-15(13-18(28-5-2)20(17)29-6-3)21(25)23-24-22(26)19-11-14-9-7-8-10-16(14)30-19/h7-10,12-13,19H,4-6,11H2,1-3H3,(H,23,25)(H,24,26)/t19-/m1/s1. The molecule has 160 valence electrons. The number of carbonyl (C=O) groups excluding carboxylic acids is 2. The summed E-state index contributed by atoms with van der Waals surface area (Å²) in [7, 11) is 0. The van der Waals surface area contributed by atoms with Crippen LogP contribution in [0.4, 0.5) is 0 Å². The normalized spacial score (nSPS) is 14.3. The molecule has 2 aromatic carbocycles. The number of carbonyl (C=O) groups is 2. The van der Waals surface area contributed by atoms with Crippen molar-refractivity contribution in [1.29, 1.82) is 0 Å². The van der Waals surface area contributed by atoms with Crippen molar-refractivity contribution in [3.63, 3.8) is 0 Å². The zero-order valence-corrected chi connectivity index (χ0v) is 17.3. The number of hydrogen-bond acceptors (Lipinski definition) is 6. The van der Waals surface area contributed by atoms with Gasteiger partial charge in [0.15, 0.2) is 17.6 Å². The molecule has 3 rings (SSSR count). The molecule has 2 amide bonds. The van der Waals surface area contributed by atoms with Crippen LogP contribution < -0.4 is 29.8 Å². The Balaban J connectivity index is 1.69. The fourth-order valence-electron chi connectivity index (χ4n) is 3.12. The number of hydrazine groups is 1. The van der Waals surface area contributed by atoms with Crippen LogP contribution in [0.25, 0.3) is 0 Å². The summed E-state index contributed by atoms with van der Waals surface area (Å²) in [6.07, 6.45) is -0.245. The Labute approximate surface area is 175 Å². The van der Waals surface area contributed by atoms with Crippen LogP contribution in [-0.2, 0) is 11.2 Å². The number of benzene rings is 2. The summed E-state index contributed by atoms with van der Waals surface area (Å²) >= 11 is 0. The fraction of sp³-hybridized carbons (Fsp3) is 0.364. The zero-order valence-electron chi connectivity index (χ0n) is 17.3. The number of amides is 2. The first-order chi connectivity index (χ1) is 14.6. The molecule has 2 aromatic rings. The van der Waals surface area contributed by atoms with Gasteiger partial charge in [0.2, 0.25) is 5.75 Å². The smallest absolute Gasteiger partial charge is 0.279 e. The molecule has 0 radical (unpaired) electrons. The SMILES string of the molecule is CCOc1cc(C(=O)NNC(=O)[C@H]2Cc3ccccc3O2)cc(OCC)c1OCC. The van der Waals surface area contributed by atoms with Gasteiger partial charge in [-0.3, -0.25) is 20.4 Å². The van der Waals surface area contributed by atoms with Crippen molar-refractivity contribution in [2.45, 2.75) is 33.3 Å². The van der Waals surface area contributed by atoms with Gasteiger partial charge in [0.05, 0.1) is 19.8 Å². The lowest BCUT2D eigenvalue weighted by molar-refractivity contribution is -0.128. The summed E-state index contributed by atoms with van der Waals surface area (Å²) in [4.78, 5) is 25.1. The molecule has 0 fully saturated rings. The number of ether oxygens (including phenoxy) is 4. The minimum Gasteiger partial charge on any atom is -0.490 e. The quantitative estimate of drug-likeness (QED) is 0.645. The van der Waals surface area contributed by atoms with Gasteiger partial charge in [-0.25, -0.2) is 0 Å². The zero-order chi connectivity index (χ0) is 21.5. The molecule has 1 aliphatic rings. The van der Waals surface area contributed by atoms with Crippen LogP contribution in [-0.4, -0.2) is 37.7 Å². The van der Waals surface area contributed by atoms with Crippen LogP contribution in [0.1, 0.15) is 36.7 Å². The molecular weight excluding hydrogens is 388 g/mol. The summed E-state index contributed by atoms with van der Waals surface area (Å²) in [6, 6.07) is 10.6. The number of rotatable bonds is 8. The average molecular weight is 414 g/mol. The fourth-order valence-corrected chi connectivity index (χ4v) is 3.12. The Hall–Kier alpha value is -3.42. The highest BCUT2D eigenvalue weighted by Crippen LogP contribution is 2.39. The van der Waals surface area contributed by atoms with E-state index >= 15 is 0 Å². The topological polar surface area (TPSA) is 95.1 Å². The average Bonchev–Trinajstić information content (AvgIpc) is 3.18. The summed E-state index contributed by atoms with van der Waals surface area (Å²) in [5.74, 6) is 0.981. The number of para-hydroxylation sites is 1. The first-order valence-electron chi connectivity index (χ1n) is 9.98. The van der Waals surface area contributed by atoms with Crippen LogP contribution in [0.3, 0.4) is 0 Å². The Kier molecular flexibility index (Phi) is 7.00. The van der Waals surface area contributed by atoms with Crippen molar-refractivity contribution < 1.29 is 28.5 Å². The Morgan fingerprint density at radius 2 is 1.60 bits per heavy atom. The lowest BCUT2D eigenvalue weighted by atomic mass is 10.1. The highest BCUT2D eigenvalue weighted by Gasteiger charge is 2.29. The van der Waals surface area contributed by atoms with E-state index in [2.05, 4.69) is 10.9 Å². The highest BCUT2D eigenvalue weighted by atomic mass is 16.5. The van der Waals surface area contributed by atoms with E-state index in [1.807, 2.05) is 45.0 Å². The lowest BCUT2D eigenvalue weighted by Gasteiger charge is -2.17. The van der Waals surface area contributed by atoms with Gasteiger partial charge in [-0.15, -0.1) is 0 Å². The minimum absolute atomic E-state index is 0.265. The molecule has 30 heavy (non-hydrogen) atoms. The molecule has 0 bridgehead atoms. The Morgan fingerprint density at radius 3 is 2.20 bits per heavy atom. The van der Waals surface area contributed by atoms with E-state index < -0.39 is 17.9 Å². The molecule has 0 aromatic heterocycles. The molecule has 0 aliphatic carbocycles. The van der Waals surface area contributed by atoms with Gasteiger partial charge in [0.1, 0.15) is 5.75 Å². The Bertz CT molecular complexity index is 862. The highest BCUT2D eigenvalue weighted by molar-refractivity contribution is 5.97. The molecule has 0 spiro atoms. The van der Waals surface area contributed by atoms with E-state index in [-0.39, 0.29) is 5.56 Å². The van der Waals surface area contributed by atoms with Gasteiger partial charge in [-0.1, -0.05) is 18.2 Å². The molecule has 8 heteroatoms. The van der Waals surface area contributed by atoms with Gasteiger partial charge in [0.25, 0.3) is 11.8 Å². The van der Waals surface area contributed by atoms with Gasteiger partial charge < -0.3 is 18.9 Å². The number of fused-ring (bicyclic) bond motifs is 1. The van der Waals surface area contributed by atoms with Crippen LogP contribution >= 0.6 is 0 Å². The number of hydrogen-bond donors (Lipinski definition) is 2. The van der Waals surface area contributed by atoms with Crippen LogP contribution in [0.5, 0.6) is 23.0 Å². The van der Waals surface area contributed by atoms with E-state index in [1.165, 1.54) is 0 Å². The second kappa shape index (κ2) is 9.87. The predicted molar refractivity (Wildman–Crippen MR) is 110 cm³/mol. The third-order valence-electron chi connectivity index (χ3n) is 4.41. The third kappa shape index (κ3) is 4.76. The van der Waals surface area contributed by atoms with Crippen molar-refractivity contribution in [3.8, 4) is 23.0 Å². The van der Waals surface area contributed by atoms with Crippen molar-refractivity contribution >= 4 is 11.8 Å². The summed E-state index contributed by atoms with van der Waals surface area (Å²) in [5.41, 5.74) is 6.07. The summed E-state index contributed by atoms with van der Waals surface area (Å²) in [5, 5.41) is 0. The van der Waals surface area contributed by atoms with Crippen molar-refractivity contribution in [3.05, 3.63) is 47.5 Å². The van der Waals surface area contributed by atoms with Crippen LogP contribution in [0, 0.1) is 0 Å². The molecule has 1 aliphatic heterocycles. The Morgan fingerprint density at radius 1 is 0.967 bits per heavy atom. The summed E-state index contributed by atoms with van der Waals surface area (Å²) < 4.78 is 22.5. The molecule has 0 unspecified atom stereocenters. The monoisotopic (exact) mass is 414 g/mol. The van der Waals surface area contributed by atoms with E-state index in [1.54, 1.807) is 12.1 Å². The summed E-state index contributed by atoms with van der Waals surface area (Å²) in [6.45, 7) is 6.74. The lowest BCUT2D eigenvalue weighted by Crippen LogP contribution is -2.47. The molecule has 2 N–H and O–H groups in total. The molecular formula is C22H26N2O6. The third-order valence-corrected chi connectivity index (χ3v) is 4.41. The first kappa shape index (κ1) is 21.3. The molecule has 0 saturated carbocycles. The second-order valence-electron chi connectivity index (χ2n) is 6.46. The maximum absolute atomic E-state index is 12.6. The van der Waals surface area contributed by atoms with Gasteiger partial charge in [0, 0.05) is 12.0 Å². The minimum atomic E-state index is -0.694. The van der Waals surface area contributed by atoms with Gasteiger partial charge >= 0.3 is 0 Å². The van der Waals surface area contributed by atoms with E-state index in [9.17, 15) is 9.59 Å². The van der Waals surface area contributed by atoms with Gasteiger partial charge in [-0.2, -0.15) is 0 Å². The van der Waals surface area contributed by atoms with Crippen molar-refractivity contribution in [2.75, 3.05) is 19.8 Å². The van der Waals surface area contributed by atoms with E-state index in [0.717, 1.165) is 5.56 Å². The van der Waals surface area contributed by atoms with Crippen LogP contribution in [0.2, 0.25) is 0 Å². The second-order valence-corrected chi connectivity index (χ2v) is 6.46. The van der Waals surface area contributed by atoms with Crippen molar-refractivity contribution in [1.82, 2.24) is 10.9 Å². The molecule has 8 nitrogen and oxygen atoms in total. The van der Waals surface area contributed by atoms with Gasteiger partial charge in [-0.05, 0) is 44.5 Å². The van der Waals surface area contributed by atoms with E-state index in [0.29, 0.717) is 49.2 Å². The van der Waals surface area contributed by atoms with Crippen LogP contribution in [0.15, 0.2) is 36.4 Å².